The minimum absolute atomic E-state index is 0.0974. The van der Waals surface area contributed by atoms with Crippen molar-refractivity contribution in [1.29, 1.82) is 0 Å². The van der Waals surface area contributed by atoms with Crippen molar-refractivity contribution in [1.82, 2.24) is 0 Å². The Kier molecular flexibility index (Phi) is 3.63. The largest absolute Gasteiger partial charge is 0.299 e. The predicted octanol–water partition coefficient (Wildman–Crippen LogP) is 1.59. The molecule has 2 heteroatoms. The topological polar surface area (TPSA) is 34.1 Å². The number of benzene rings is 1. The van der Waals surface area contributed by atoms with E-state index in [1.807, 2.05) is 30.3 Å². The molecular formula is C12H10O2. The van der Waals surface area contributed by atoms with Gasteiger partial charge in [-0.25, -0.2) is 0 Å². The molecule has 1 aromatic carbocycles. The van der Waals surface area contributed by atoms with Crippen molar-refractivity contribution in [2.45, 2.75) is 13.3 Å². The molecule has 0 unspecified atom stereocenters. The summed E-state index contributed by atoms with van der Waals surface area (Å²) in [5, 5.41) is 0. The molecule has 0 aliphatic heterocycles. The summed E-state index contributed by atoms with van der Waals surface area (Å²) >= 11 is 0. The van der Waals surface area contributed by atoms with E-state index in [0.717, 1.165) is 5.56 Å². The molecular weight excluding hydrogens is 176 g/mol. The number of carbonyl (C=O) groups is 2. The second-order valence-electron chi connectivity index (χ2n) is 2.92. The van der Waals surface area contributed by atoms with Crippen LogP contribution in [0.4, 0.5) is 0 Å². The Morgan fingerprint density at radius 2 is 1.86 bits per heavy atom. The first-order chi connectivity index (χ1) is 6.68. The van der Waals surface area contributed by atoms with Crippen LogP contribution in [0.25, 0.3) is 0 Å². The van der Waals surface area contributed by atoms with Gasteiger partial charge in [0, 0.05) is 5.56 Å². The van der Waals surface area contributed by atoms with E-state index in [2.05, 4.69) is 11.8 Å². The Hall–Kier alpha value is -1.88. The number of ketones is 2. The molecule has 0 spiro atoms. The van der Waals surface area contributed by atoms with Gasteiger partial charge in [-0.15, -0.1) is 0 Å². The van der Waals surface area contributed by atoms with Crippen molar-refractivity contribution in [3.8, 4) is 11.8 Å². The zero-order chi connectivity index (χ0) is 10.4. The molecule has 0 aromatic heterocycles. The summed E-state index contributed by atoms with van der Waals surface area (Å²) in [4.78, 5) is 21.6. The summed E-state index contributed by atoms with van der Waals surface area (Å²) < 4.78 is 0. The molecule has 0 aliphatic rings. The summed E-state index contributed by atoms with van der Waals surface area (Å²) in [5.74, 6) is 4.63. The highest BCUT2D eigenvalue weighted by atomic mass is 16.1. The molecule has 1 aromatic rings. The molecule has 0 atom stereocenters. The lowest BCUT2D eigenvalue weighted by molar-refractivity contribution is -0.122. The maximum absolute atomic E-state index is 11.0. The fourth-order valence-electron chi connectivity index (χ4n) is 0.934. The standard InChI is InChI=1S/C12H10O2/c1-10(13)9-12(14)8-7-11-5-3-2-4-6-11/h2-6H,9H2,1H3. The van der Waals surface area contributed by atoms with E-state index in [1.165, 1.54) is 6.92 Å². The first kappa shape index (κ1) is 10.2. The van der Waals surface area contributed by atoms with Gasteiger partial charge in [0.15, 0.2) is 0 Å². The normalized spacial score (nSPS) is 8.64. The van der Waals surface area contributed by atoms with Crippen LogP contribution in [0.3, 0.4) is 0 Å². The molecule has 0 aliphatic carbocycles. The van der Waals surface area contributed by atoms with Gasteiger partial charge in [0.1, 0.15) is 5.78 Å². The van der Waals surface area contributed by atoms with Crippen LogP contribution in [0.1, 0.15) is 18.9 Å². The van der Waals surface area contributed by atoms with Crippen LogP contribution in [-0.2, 0) is 9.59 Å². The molecule has 0 amide bonds. The van der Waals surface area contributed by atoms with E-state index < -0.39 is 0 Å². The van der Waals surface area contributed by atoms with Gasteiger partial charge in [-0.3, -0.25) is 9.59 Å². The first-order valence-electron chi connectivity index (χ1n) is 4.28. The number of hydrogen-bond acceptors (Lipinski definition) is 2. The first-order valence-corrected chi connectivity index (χ1v) is 4.28. The molecule has 0 saturated heterocycles. The molecule has 0 fully saturated rings. The van der Waals surface area contributed by atoms with Crippen LogP contribution < -0.4 is 0 Å². The molecule has 0 bridgehead atoms. The highest BCUT2D eigenvalue weighted by Gasteiger charge is 1.99. The summed E-state index contributed by atoms with van der Waals surface area (Å²) in [6.07, 6.45) is -0.0974. The van der Waals surface area contributed by atoms with Gasteiger partial charge in [0.2, 0.25) is 5.78 Å². The quantitative estimate of drug-likeness (QED) is 0.519. The van der Waals surface area contributed by atoms with Crippen molar-refractivity contribution in [2.24, 2.45) is 0 Å². The predicted molar refractivity (Wildman–Crippen MR) is 53.6 cm³/mol. The van der Waals surface area contributed by atoms with E-state index in [-0.39, 0.29) is 18.0 Å². The number of carbonyl (C=O) groups excluding carboxylic acids is 2. The second kappa shape index (κ2) is 4.98. The molecule has 0 N–H and O–H groups in total. The lowest BCUT2D eigenvalue weighted by Gasteiger charge is -1.87. The van der Waals surface area contributed by atoms with Gasteiger partial charge >= 0.3 is 0 Å². The lowest BCUT2D eigenvalue weighted by Crippen LogP contribution is -2.00. The molecule has 0 saturated carbocycles. The maximum atomic E-state index is 11.0. The van der Waals surface area contributed by atoms with Gasteiger partial charge < -0.3 is 0 Å². The highest BCUT2D eigenvalue weighted by molar-refractivity contribution is 6.07. The average molecular weight is 186 g/mol. The van der Waals surface area contributed by atoms with Crippen molar-refractivity contribution in [3.63, 3.8) is 0 Å². The van der Waals surface area contributed by atoms with Crippen molar-refractivity contribution in [3.05, 3.63) is 35.9 Å². The minimum atomic E-state index is -0.332. The lowest BCUT2D eigenvalue weighted by atomic mass is 10.2. The minimum Gasteiger partial charge on any atom is -0.299 e. The van der Waals surface area contributed by atoms with Crippen LogP contribution in [0.5, 0.6) is 0 Å². The van der Waals surface area contributed by atoms with Gasteiger partial charge in [-0.05, 0) is 25.0 Å². The Morgan fingerprint density at radius 3 is 2.43 bits per heavy atom. The third-order valence-electron chi connectivity index (χ3n) is 1.53. The van der Waals surface area contributed by atoms with E-state index in [4.69, 9.17) is 0 Å². The van der Waals surface area contributed by atoms with E-state index in [1.54, 1.807) is 0 Å². The molecule has 70 valence electrons. The molecule has 0 radical (unpaired) electrons. The molecule has 0 heterocycles. The monoisotopic (exact) mass is 186 g/mol. The van der Waals surface area contributed by atoms with Crippen LogP contribution in [-0.4, -0.2) is 11.6 Å². The van der Waals surface area contributed by atoms with E-state index in [9.17, 15) is 9.59 Å². The number of Topliss-reactive ketones (excluding diaryl/α,β-unsaturated/α-hetero) is 2. The molecule has 1 rings (SSSR count). The maximum Gasteiger partial charge on any atom is 0.213 e. The van der Waals surface area contributed by atoms with Crippen molar-refractivity contribution in [2.75, 3.05) is 0 Å². The second-order valence-corrected chi connectivity index (χ2v) is 2.92. The van der Waals surface area contributed by atoms with Gasteiger partial charge in [-0.2, -0.15) is 0 Å². The third-order valence-corrected chi connectivity index (χ3v) is 1.53. The Morgan fingerprint density at radius 1 is 1.21 bits per heavy atom. The zero-order valence-electron chi connectivity index (χ0n) is 7.91. The van der Waals surface area contributed by atoms with E-state index >= 15 is 0 Å². The van der Waals surface area contributed by atoms with E-state index in [0.29, 0.717) is 0 Å². The number of hydrogen-bond donors (Lipinski definition) is 0. The average Bonchev–Trinajstić information content (AvgIpc) is 2.15. The van der Waals surface area contributed by atoms with Gasteiger partial charge in [-0.1, -0.05) is 24.1 Å². The Bertz CT molecular complexity index is 393. The third kappa shape index (κ3) is 3.68. The number of rotatable bonds is 2. The SMILES string of the molecule is CC(=O)CC(=O)C#Cc1ccccc1. The van der Waals surface area contributed by atoms with Gasteiger partial charge in [0.25, 0.3) is 0 Å². The summed E-state index contributed by atoms with van der Waals surface area (Å²) in [5.41, 5.74) is 0.782. The van der Waals surface area contributed by atoms with Crippen LogP contribution in [0.15, 0.2) is 30.3 Å². The van der Waals surface area contributed by atoms with Crippen LogP contribution in [0.2, 0.25) is 0 Å². The van der Waals surface area contributed by atoms with Crippen LogP contribution in [0, 0.1) is 11.8 Å². The zero-order valence-corrected chi connectivity index (χ0v) is 7.91. The summed E-state index contributed by atoms with van der Waals surface area (Å²) in [6, 6.07) is 9.20. The molecule has 2 nitrogen and oxygen atoms in total. The fraction of sp³-hybridized carbons (Fsp3) is 0.167. The Balaban J connectivity index is 2.65. The fourth-order valence-corrected chi connectivity index (χ4v) is 0.934. The Labute approximate surface area is 82.9 Å². The smallest absolute Gasteiger partial charge is 0.213 e. The molecule has 14 heavy (non-hydrogen) atoms. The highest BCUT2D eigenvalue weighted by Crippen LogP contribution is 1.95. The van der Waals surface area contributed by atoms with Crippen molar-refractivity contribution < 1.29 is 9.59 Å². The summed E-state index contributed by atoms with van der Waals surface area (Å²) in [6.45, 7) is 1.38. The van der Waals surface area contributed by atoms with Gasteiger partial charge in [0.05, 0.1) is 6.42 Å². The van der Waals surface area contributed by atoms with Crippen LogP contribution >= 0.6 is 0 Å². The summed E-state index contributed by atoms with van der Waals surface area (Å²) in [7, 11) is 0. The van der Waals surface area contributed by atoms with Crippen molar-refractivity contribution >= 4 is 11.6 Å².